The molecule has 1 aromatic heterocycles. The molecule has 0 unspecified atom stereocenters. The first kappa shape index (κ1) is 15.4. The number of nitrogens with zero attached hydrogens (tertiary/aromatic N) is 4. The van der Waals surface area contributed by atoms with Crippen molar-refractivity contribution < 1.29 is 4.79 Å². The van der Waals surface area contributed by atoms with Crippen molar-refractivity contribution in [1.29, 1.82) is 5.26 Å². The number of aromatic nitrogens is 2. The number of amides is 1. The van der Waals surface area contributed by atoms with Crippen LogP contribution in [0.15, 0.2) is 6.07 Å². The second kappa shape index (κ2) is 6.17. The Morgan fingerprint density at radius 1 is 1.45 bits per heavy atom. The Kier molecular flexibility index (Phi) is 4.74. The molecule has 1 aromatic rings. The van der Waals surface area contributed by atoms with E-state index in [-0.39, 0.29) is 21.8 Å². The van der Waals surface area contributed by atoms with Crippen LogP contribution in [0, 0.1) is 11.3 Å². The fourth-order valence-electron chi connectivity index (χ4n) is 2.11. The summed E-state index contributed by atoms with van der Waals surface area (Å²) in [6.45, 7) is 1.03. The van der Waals surface area contributed by atoms with E-state index < -0.39 is 4.75 Å². The number of carbonyl (C=O) groups excluding carboxylic acids is 1. The molecule has 8 heteroatoms. The highest BCUT2D eigenvalue weighted by molar-refractivity contribution is 8.00. The molecule has 0 atom stereocenters. The summed E-state index contributed by atoms with van der Waals surface area (Å²) in [7, 11) is 0. The van der Waals surface area contributed by atoms with E-state index in [0.717, 1.165) is 0 Å². The normalized spacial score (nSPS) is 17.6. The van der Waals surface area contributed by atoms with Crippen molar-refractivity contribution in [3.05, 3.63) is 21.9 Å². The van der Waals surface area contributed by atoms with Gasteiger partial charge in [-0.1, -0.05) is 23.2 Å². The number of hydrogen-bond acceptors (Lipinski definition) is 5. The maximum atomic E-state index is 12.4. The number of thioether (sulfide) groups is 1. The Hall–Kier alpha value is -1.03. The Morgan fingerprint density at radius 3 is 2.65 bits per heavy atom. The highest BCUT2D eigenvalue weighted by Crippen LogP contribution is 2.34. The number of carbonyl (C=O) groups is 1. The van der Waals surface area contributed by atoms with Crippen molar-refractivity contribution in [2.24, 2.45) is 0 Å². The van der Waals surface area contributed by atoms with Crippen LogP contribution in [0.25, 0.3) is 0 Å². The van der Waals surface area contributed by atoms with Gasteiger partial charge in [-0.05, 0) is 25.2 Å². The molecule has 0 N–H and O–H groups in total. The standard InChI is InChI=1S/C12H12Cl2N4OS/c1-20-12(7-15)2-4-18(5-3-12)11(19)8-6-9(13)16-17-10(8)14/h6H,2-5H2,1H3. The predicted octanol–water partition coefficient (Wildman–Crippen LogP) is 2.64. The lowest BCUT2D eigenvalue weighted by atomic mass is 9.97. The van der Waals surface area contributed by atoms with Crippen LogP contribution in [0.1, 0.15) is 23.2 Å². The fraction of sp³-hybridized carbons (Fsp3) is 0.500. The number of halogens is 2. The molecule has 2 rings (SSSR count). The first-order chi connectivity index (χ1) is 9.51. The largest absolute Gasteiger partial charge is 0.338 e. The van der Waals surface area contributed by atoms with E-state index in [1.807, 2.05) is 6.26 Å². The van der Waals surface area contributed by atoms with Gasteiger partial charge in [0.2, 0.25) is 0 Å². The van der Waals surface area contributed by atoms with Crippen molar-refractivity contribution in [3.8, 4) is 6.07 Å². The van der Waals surface area contributed by atoms with Gasteiger partial charge in [0.15, 0.2) is 10.3 Å². The van der Waals surface area contributed by atoms with Crippen LogP contribution in [-0.4, -0.2) is 45.1 Å². The molecular formula is C12H12Cl2N4OS. The summed E-state index contributed by atoms with van der Waals surface area (Å²) in [5.74, 6) is -0.223. The molecular weight excluding hydrogens is 319 g/mol. The van der Waals surface area contributed by atoms with E-state index in [4.69, 9.17) is 23.2 Å². The van der Waals surface area contributed by atoms with Crippen molar-refractivity contribution in [2.45, 2.75) is 17.6 Å². The van der Waals surface area contributed by atoms with Crippen molar-refractivity contribution >= 4 is 40.9 Å². The third-order valence-electron chi connectivity index (χ3n) is 3.40. The van der Waals surface area contributed by atoms with Crippen molar-refractivity contribution in [3.63, 3.8) is 0 Å². The zero-order valence-electron chi connectivity index (χ0n) is 10.8. The number of likely N-dealkylation sites (tertiary alicyclic amines) is 1. The first-order valence-electron chi connectivity index (χ1n) is 5.96. The minimum absolute atomic E-state index is 0.0430. The van der Waals surface area contributed by atoms with Gasteiger partial charge in [0.1, 0.15) is 4.75 Å². The van der Waals surface area contributed by atoms with Crippen LogP contribution in [0.3, 0.4) is 0 Å². The van der Waals surface area contributed by atoms with Crippen molar-refractivity contribution in [2.75, 3.05) is 19.3 Å². The quantitative estimate of drug-likeness (QED) is 0.833. The molecule has 106 valence electrons. The lowest BCUT2D eigenvalue weighted by Crippen LogP contribution is -2.44. The molecule has 5 nitrogen and oxygen atoms in total. The summed E-state index contributed by atoms with van der Waals surface area (Å²) in [6, 6.07) is 3.76. The Bertz CT molecular complexity index is 567. The molecule has 0 aliphatic carbocycles. The topological polar surface area (TPSA) is 69.9 Å². The fourth-order valence-corrected chi connectivity index (χ4v) is 3.11. The van der Waals surface area contributed by atoms with Gasteiger partial charge in [-0.2, -0.15) is 5.26 Å². The molecule has 1 amide bonds. The maximum absolute atomic E-state index is 12.4. The number of hydrogen-bond donors (Lipinski definition) is 0. The highest BCUT2D eigenvalue weighted by Gasteiger charge is 2.36. The van der Waals surface area contributed by atoms with E-state index in [2.05, 4.69) is 16.3 Å². The van der Waals surface area contributed by atoms with E-state index in [1.54, 1.807) is 4.90 Å². The van der Waals surface area contributed by atoms with Gasteiger partial charge in [0, 0.05) is 13.1 Å². The lowest BCUT2D eigenvalue weighted by Gasteiger charge is -2.36. The number of piperidine rings is 1. The van der Waals surface area contributed by atoms with Crippen LogP contribution >= 0.6 is 35.0 Å². The Labute approximate surface area is 131 Å². The molecule has 1 saturated heterocycles. The van der Waals surface area contributed by atoms with E-state index in [0.29, 0.717) is 25.9 Å². The summed E-state index contributed by atoms with van der Waals surface area (Å²) < 4.78 is -0.394. The minimum atomic E-state index is -0.394. The van der Waals surface area contributed by atoms with Crippen LogP contribution < -0.4 is 0 Å². The third kappa shape index (κ3) is 3.00. The van der Waals surface area contributed by atoms with Gasteiger partial charge in [0.05, 0.1) is 11.6 Å². The Balaban J connectivity index is 2.13. The molecule has 1 fully saturated rings. The van der Waals surface area contributed by atoms with Crippen LogP contribution in [-0.2, 0) is 0 Å². The summed E-state index contributed by atoms with van der Waals surface area (Å²) in [4.78, 5) is 14.1. The summed E-state index contributed by atoms with van der Waals surface area (Å²) in [5, 5.41) is 16.6. The molecule has 0 bridgehead atoms. The van der Waals surface area contributed by atoms with Gasteiger partial charge in [-0.15, -0.1) is 22.0 Å². The van der Waals surface area contributed by atoms with E-state index in [1.165, 1.54) is 17.8 Å². The average Bonchev–Trinajstić information content (AvgIpc) is 2.49. The van der Waals surface area contributed by atoms with E-state index >= 15 is 0 Å². The summed E-state index contributed by atoms with van der Waals surface area (Å²) in [6.07, 6.45) is 3.20. The first-order valence-corrected chi connectivity index (χ1v) is 7.94. The smallest absolute Gasteiger partial charge is 0.257 e. The molecule has 0 spiro atoms. The van der Waals surface area contributed by atoms with Crippen LogP contribution in [0.2, 0.25) is 10.3 Å². The average molecular weight is 331 g/mol. The van der Waals surface area contributed by atoms with Gasteiger partial charge < -0.3 is 4.90 Å². The molecule has 0 saturated carbocycles. The Morgan fingerprint density at radius 2 is 2.10 bits per heavy atom. The van der Waals surface area contributed by atoms with Gasteiger partial charge in [-0.25, -0.2) is 0 Å². The zero-order valence-corrected chi connectivity index (χ0v) is 13.1. The summed E-state index contributed by atoms with van der Waals surface area (Å²) >= 11 is 13.2. The van der Waals surface area contributed by atoms with Crippen molar-refractivity contribution in [1.82, 2.24) is 15.1 Å². The second-order valence-corrected chi connectivity index (χ2v) is 6.41. The van der Waals surface area contributed by atoms with Crippen LogP contribution in [0.5, 0.6) is 0 Å². The minimum Gasteiger partial charge on any atom is -0.338 e. The predicted molar refractivity (Wildman–Crippen MR) is 79.0 cm³/mol. The van der Waals surface area contributed by atoms with Gasteiger partial charge in [-0.3, -0.25) is 4.79 Å². The molecule has 0 radical (unpaired) electrons. The molecule has 2 heterocycles. The summed E-state index contributed by atoms with van der Waals surface area (Å²) in [5.41, 5.74) is 0.250. The molecule has 1 aliphatic rings. The molecule has 1 aliphatic heterocycles. The maximum Gasteiger partial charge on any atom is 0.257 e. The van der Waals surface area contributed by atoms with Crippen LogP contribution in [0.4, 0.5) is 0 Å². The third-order valence-corrected chi connectivity index (χ3v) is 5.15. The number of rotatable bonds is 2. The lowest BCUT2D eigenvalue weighted by molar-refractivity contribution is 0.0716. The number of nitriles is 1. The monoisotopic (exact) mass is 330 g/mol. The van der Waals surface area contributed by atoms with Gasteiger partial charge >= 0.3 is 0 Å². The highest BCUT2D eigenvalue weighted by atomic mass is 35.5. The molecule has 0 aromatic carbocycles. The second-order valence-electron chi connectivity index (χ2n) is 4.47. The SMILES string of the molecule is CSC1(C#N)CCN(C(=O)c2cc(Cl)nnc2Cl)CC1. The van der Waals surface area contributed by atoms with Gasteiger partial charge in [0.25, 0.3) is 5.91 Å². The zero-order chi connectivity index (χ0) is 14.8. The van der Waals surface area contributed by atoms with E-state index in [9.17, 15) is 10.1 Å². The molecule has 20 heavy (non-hydrogen) atoms.